The summed E-state index contributed by atoms with van der Waals surface area (Å²) in [6, 6.07) is 17.9. The number of alkyl halides is 1. The maximum atomic E-state index is 7.18. The number of fused-ring (bicyclic) bond motifs is 1. The van der Waals surface area contributed by atoms with Crippen LogP contribution in [-0.2, 0) is 0 Å². The Bertz CT molecular complexity index is 1070. The summed E-state index contributed by atoms with van der Waals surface area (Å²) < 4.78 is 27.8. The molecule has 0 saturated carbocycles. The van der Waals surface area contributed by atoms with Gasteiger partial charge in [-0.3, -0.25) is 0 Å². The molecule has 0 aliphatic heterocycles. The summed E-state index contributed by atoms with van der Waals surface area (Å²) in [4.78, 5) is 0. The van der Waals surface area contributed by atoms with E-state index in [0.717, 1.165) is 45.3 Å². The first-order valence-electron chi connectivity index (χ1n) is 10.3. The van der Waals surface area contributed by atoms with Crippen LogP contribution in [0.25, 0.3) is 0 Å². The largest absolute Gasteiger partial charge is 0.497 e. The number of hydrogen-bond donors (Lipinski definition) is 0. The zero-order valence-corrected chi connectivity index (χ0v) is 19.6. The Morgan fingerprint density at radius 2 is 1.16 bits per heavy atom. The van der Waals surface area contributed by atoms with E-state index in [4.69, 9.17) is 35.3 Å². The van der Waals surface area contributed by atoms with E-state index in [0.29, 0.717) is 5.75 Å². The van der Waals surface area contributed by atoms with Crippen molar-refractivity contribution in [3.8, 4) is 28.7 Å². The minimum atomic E-state index is -0.307. The molecule has 0 heterocycles. The van der Waals surface area contributed by atoms with Gasteiger partial charge in [0.25, 0.3) is 0 Å². The van der Waals surface area contributed by atoms with Crippen LogP contribution in [0, 0.1) is 0 Å². The molecular formula is C26H27ClO5. The fourth-order valence-electron chi connectivity index (χ4n) is 4.58. The molecule has 0 bridgehead atoms. The van der Waals surface area contributed by atoms with Gasteiger partial charge in [0.1, 0.15) is 28.7 Å². The Morgan fingerprint density at radius 3 is 1.69 bits per heavy atom. The summed E-state index contributed by atoms with van der Waals surface area (Å²) >= 11 is 7.18. The van der Waals surface area contributed by atoms with Gasteiger partial charge in [0.15, 0.2) is 0 Å². The Hall–Kier alpha value is -3.05. The molecule has 3 aromatic carbocycles. The van der Waals surface area contributed by atoms with Crippen LogP contribution in [0.3, 0.4) is 0 Å². The molecule has 5 nitrogen and oxygen atoms in total. The van der Waals surface area contributed by atoms with E-state index in [1.54, 1.807) is 35.5 Å². The fourth-order valence-corrected chi connectivity index (χ4v) is 5.05. The normalized spacial score (nSPS) is 19.2. The van der Waals surface area contributed by atoms with Crippen LogP contribution in [0.4, 0.5) is 0 Å². The van der Waals surface area contributed by atoms with Gasteiger partial charge in [0.05, 0.1) is 40.9 Å². The molecule has 1 aliphatic carbocycles. The standard InChI is InChI=1S/C26H27ClO5/c1-28-17-8-6-15(7-9-17)23-24(16-10-18(29-2)12-19(11-16)30-3)26(27)21-13-20(31-4)14-22(32-5)25(21)23/h6-14,23-24,26H,1-5H3/t23-,24-,26-/m1/s1. The molecule has 1 aliphatic rings. The Kier molecular flexibility index (Phi) is 6.38. The molecule has 168 valence electrons. The van der Waals surface area contributed by atoms with E-state index in [2.05, 4.69) is 12.1 Å². The van der Waals surface area contributed by atoms with E-state index < -0.39 is 0 Å². The van der Waals surface area contributed by atoms with Crippen molar-refractivity contribution in [2.24, 2.45) is 0 Å². The molecule has 3 aromatic rings. The van der Waals surface area contributed by atoms with Crippen LogP contribution in [-0.4, -0.2) is 35.5 Å². The summed E-state index contributed by atoms with van der Waals surface area (Å²) in [6.45, 7) is 0. The molecule has 0 spiro atoms. The van der Waals surface area contributed by atoms with Crippen molar-refractivity contribution in [3.05, 3.63) is 76.9 Å². The quantitative estimate of drug-likeness (QED) is 0.413. The minimum absolute atomic E-state index is 0.0453. The predicted molar refractivity (Wildman–Crippen MR) is 125 cm³/mol. The molecule has 3 atom stereocenters. The maximum Gasteiger partial charge on any atom is 0.126 e. The molecule has 0 N–H and O–H groups in total. The zero-order valence-electron chi connectivity index (χ0n) is 18.8. The lowest BCUT2D eigenvalue weighted by Crippen LogP contribution is -2.10. The second-order valence-electron chi connectivity index (χ2n) is 7.66. The Morgan fingerprint density at radius 1 is 0.594 bits per heavy atom. The summed E-state index contributed by atoms with van der Waals surface area (Å²) in [7, 11) is 8.27. The Balaban J connectivity index is 1.95. The second-order valence-corrected chi connectivity index (χ2v) is 8.13. The van der Waals surface area contributed by atoms with Crippen molar-refractivity contribution in [2.75, 3.05) is 35.5 Å². The average molecular weight is 455 g/mol. The van der Waals surface area contributed by atoms with E-state index in [1.807, 2.05) is 42.5 Å². The van der Waals surface area contributed by atoms with Crippen molar-refractivity contribution in [3.63, 3.8) is 0 Å². The monoisotopic (exact) mass is 454 g/mol. The second kappa shape index (κ2) is 9.21. The molecule has 0 unspecified atom stereocenters. The van der Waals surface area contributed by atoms with Gasteiger partial charge in [-0.1, -0.05) is 12.1 Å². The van der Waals surface area contributed by atoms with Crippen molar-refractivity contribution >= 4 is 11.6 Å². The number of ether oxygens (including phenoxy) is 5. The smallest absolute Gasteiger partial charge is 0.126 e. The Labute approximate surface area is 193 Å². The van der Waals surface area contributed by atoms with Crippen molar-refractivity contribution in [1.29, 1.82) is 0 Å². The highest BCUT2D eigenvalue weighted by Gasteiger charge is 2.44. The third kappa shape index (κ3) is 3.82. The molecular weight excluding hydrogens is 428 g/mol. The number of halogens is 1. The topological polar surface area (TPSA) is 46.2 Å². The third-order valence-corrected chi connectivity index (χ3v) is 6.63. The van der Waals surface area contributed by atoms with Crippen LogP contribution >= 0.6 is 11.6 Å². The van der Waals surface area contributed by atoms with Crippen LogP contribution in [0.15, 0.2) is 54.6 Å². The first kappa shape index (κ1) is 22.2. The molecule has 0 amide bonds. The van der Waals surface area contributed by atoms with Gasteiger partial charge in [-0.2, -0.15) is 0 Å². The first-order valence-corrected chi connectivity index (χ1v) is 10.7. The van der Waals surface area contributed by atoms with E-state index in [1.165, 1.54) is 0 Å². The van der Waals surface area contributed by atoms with Crippen molar-refractivity contribution in [1.82, 2.24) is 0 Å². The highest BCUT2D eigenvalue weighted by Crippen LogP contribution is 2.60. The van der Waals surface area contributed by atoms with Crippen LogP contribution in [0.5, 0.6) is 28.7 Å². The predicted octanol–water partition coefficient (Wildman–Crippen LogP) is 5.94. The number of benzene rings is 3. The number of hydrogen-bond acceptors (Lipinski definition) is 5. The number of rotatable bonds is 7. The average Bonchev–Trinajstić information content (AvgIpc) is 3.15. The van der Waals surface area contributed by atoms with Gasteiger partial charge in [-0.15, -0.1) is 11.6 Å². The lowest BCUT2D eigenvalue weighted by molar-refractivity contribution is 0.389. The first-order chi connectivity index (χ1) is 15.5. The highest BCUT2D eigenvalue weighted by atomic mass is 35.5. The van der Waals surface area contributed by atoms with Gasteiger partial charge in [-0.25, -0.2) is 0 Å². The van der Waals surface area contributed by atoms with E-state index >= 15 is 0 Å². The van der Waals surface area contributed by atoms with E-state index in [9.17, 15) is 0 Å². The fraction of sp³-hybridized carbons (Fsp3) is 0.308. The summed E-state index contributed by atoms with van der Waals surface area (Å²) in [5.41, 5.74) is 4.20. The minimum Gasteiger partial charge on any atom is -0.497 e. The maximum absolute atomic E-state index is 7.18. The zero-order chi connectivity index (χ0) is 22.8. The molecule has 32 heavy (non-hydrogen) atoms. The molecule has 4 rings (SSSR count). The summed E-state index contributed by atoms with van der Waals surface area (Å²) in [5.74, 6) is 3.58. The lowest BCUT2D eigenvalue weighted by Gasteiger charge is -2.25. The van der Waals surface area contributed by atoms with Gasteiger partial charge in [0.2, 0.25) is 0 Å². The van der Waals surface area contributed by atoms with Gasteiger partial charge < -0.3 is 23.7 Å². The van der Waals surface area contributed by atoms with E-state index in [-0.39, 0.29) is 17.2 Å². The molecule has 0 radical (unpaired) electrons. The number of methoxy groups -OCH3 is 5. The van der Waals surface area contributed by atoms with Crippen LogP contribution < -0.4 is 23.7 Å². The van der Waals surface area contributed by atoms with Crippen molar-refractivity contribution in [2.45, 2.75) is 17.2 Å². The van der Waals surface area contributed by atoms with Gasteiger partial charge in [0, 0.05) is 29.5 Å². The molecule has 0 fully saturated rings. The van der Waals surface area contributed by atoms with Crippen LogP contribution in [0.2, 0.25) is 0 Å². The lowest BCUT2D eigenvalue weighted by atomic mass is 9.81. The SMILES string of the molecule is COc1ccc([C@H]2c3c(OC)cc(OC)cc3[C@@H](Cl)[C@@H]2c2cc(OC)cc(OC)c2)cc1. The summed E-state index contributed by atoms with van der Waals surface area (Å²) in [5, 5.41) is -0.307. The highest BCUT2D eigenvalue weighted by molar-refractivity contribution is 6.22. The van der Waals surface area contributed by atoms with Crippen LogP contribution in [0.1, 0.15) is 39.5 Å². The van der Waals surface area contributed by atoms with Gasteiger partial charge in [-0.05, 0) is 47.0 Å². The third-order valence-electron chi connectivity index (χ3n) is 6.12. The molecule has 0 aromatic heterocycles. The summed E-state index contributed by atoms with van der Waals surface area (Å²) in [6.07, 6.45) is 0. The van der Waals surface area contributed by atoms with Crippen molar-refractivity contribution < 1.29 is 23.7 Å². The van der Waals surface area contributed by atoms with Gasteiger partial charge >= 0.3 is 0 Å². The molecule has 0 saturated heterocycles. The molecule has 6 heteroatoms.